The molecule has 0 aliphatic carbocycles. The molecule has 0 nitrogen and oxygen atoms in total. The first kappa shape index (κ1) is 28.5. The number of benzene rings is 4. The maximum atomic E-state index is 9.93. The Morgan fingerprint density at radius 3 is 0.972 bits per heavy atom. The van der Waals surface area contributed by atoms with Crippen LogP contribution in [-0.2, 0) is 10.9 Å². The molecular formula is C27H25F6S2Sb. The van der Waals surface area contributed by atoms with E-state index < -0.39 is 19.5 Å². The van der Waals surface area contributed by atoms with Crippen molar-refractivity contribution in [1.29, 1.82) is 0 Å². The topological polar surface area (TPSA) is 0 Å². The first-order chi connectivity index (χ1) is 16.5. The van der Waals surface area contributed by atoms with Crippen LogP contribution >= 0.6 is 11.8 Å². The molecule has 0 aliphatic rings. The van der Waals surface area contributed by atoms with Crippen molar-refractivity contribution in [3.05, 3.63) is 114 Å². The summed E-state index contributed by atoms with van der Waals surface area (Å²) in [6.07, 6.45) is 0. The summed E-state index contributed by atoms with van der Waals surface area (Å²) in [5, 5.41) is 0. The second-order valence-corrected chi connectivity index (χ2v) is 16.9. The average molecular weight is 649 g/mol. The Morgan fingerprint density at radius 1 is 0.444 bits per heavy atom. The molecule has 9 heteroatoms. The molecule has 0 N–H and O–H groups in total. The summed E-state index contributed by atoms with van der Waals surface area (Å²) in [4.78, 5) is 6.62. The van der Waals surface area contributed by atoms with Gasteiger partial charge in [-0.05, 0) is 81.4 Å². The number of hydrogen-bond donors (Lipinski definition) is 0. The van der Waals surface area contributed by atoms with Crippen LogP contribution in [0.1, 0.15) is 16.7 Å². The van der Waals surface area contributed by atoms with Crippen LogP contribution in [0.2, 0.25) is 0 Å². The third-order valence-corrected chi connectivity index (χ3v) is 8.08. The van der Waals surface area contributed by atoms with Gasteiger partial charge in [0.05, 0.1) is 10.9 Å². The van der Waals surface area contributed by atoms with E-state index in [0.717, 1.165) is 0 Å². The predicted octanol–water partition coefficient (Wildman–Crippen LogP) is 10.00. The molecule has 0 radical (unpaired) electrons. The summed E-state index contributed by atoms with van der Waals surface area (Å²) in [5.41, 5.74) is 3.89. The van der Waals surface area contributed by atoms with Crippen LogP contribution < -0.4 is 0 Å². The fourth-order valence-corrected chi connectivity index (χ4v) is 6.00. The predicted molar refractivity (Wildman–Crippen MR) is 139 cm³/mol. The zero-order valence-electron chi connectivity index (χ0n) is 19.8. The molecule has 0 saturated heterocycles. The quantitative estimate of drug-likeness (QED) is 0.118. The normalized spacial score (nSPS) is 13.4. The van der Waals surface area contributed by atoms with Crippen molar-refractivity contribution in [2.75, 3.05) is 0 Å². The number of rotatable bonds is 5. The van der Waals surface area contributed by atoms with Crippen molar-refractivity contribution in [2.45, 2.75) is 45.2 Å². The molecule has 4 aromatic carbocycles. The van der Waals surface area contributed by atoms with E-state index in [4.69, 9.17) is 0 Å². The van der Waals surface area contributed by atoms with E-state index in [1.807, 2.05) is 11.8 Å². The molecule has 192 valence electrons. The van der Waals surface area contributed by atoms with Crippen LogP contribution in [-0.4, -0.2) is 19.5 Å². The van der Waals surface area contributed by atoms with Gasteiger partial charge in [-0.2, -0.15) is 0 Å². The van der Waals surface area contributed by atoms with Gasteiger partial charge in [0, 0.05) is 9.79 Å². The summed E-state index contributed by atoms with van der Waals surface area (Å²) < 4.78 is 59.6. The first-order valence-corrected chi connectivity index (χ1v) is 18.7. The third kappa shape index (κ3) is 10.5. The van der Waals surface area contributed by atoms with Gasteiger partial charge in [0.2, 0.25) is 0 Å². The molecule has 4 rings (SSSR count). The van der Waals surface area contributed by atoms with Crippen LogP contribution in [0, 0.1) is 20.8 Å². The summed E-state index contributed by atoms with van der Waals surface area (Å²) in [6, 6.07) is 35.7. The van der Waals surface area contributed by atoms with E-state index in [-0.39, 0.29) is 10.9 Å². The molecular weight excluding hydrogens is 624 g/mol. The van der Waals surface area contributed by atoms with Gasteiger partial charge < -0.3 is 0 Å². The molecule has 36 heavy (non-hydrogen) atoms. The van der Waals surface area contributed by atoms with Gasteiger partial charge in [0.1, 0.15) is 0 Å². The second-order valence-electron chi connectivity index (χ2n) is 8.28. The Labute approximate surface area is 217 Å². The Bertz CT molecular complexity index is 1230. The molecule has 0 unspecified atom stereocenters. The molecule has 4 aromatic rings. The number of aryl methyl sites for hydroxylation is 3. The monoisotopic (exact) mass is 648 g/mol. The van der Waals surface area contributed by atoms with Gasteiger partial charge in [-0.15, -0.1) is 0 Å². The average Bonchev–Trinajstić information content (AvgIpc) is 2.77. The Balaban J connectivity index is 0.000000454. The zero-order valence-corrected chi connectivity index (χ0v) is 24.0. The molecule has 0 amide bonds. The molecule has 0 saturated carbocycles. The van der Waals surface area contributed by atoms with Crippen LogP contribution in [0.3, 0.4) is 0 Å². The van der Waals surface area contributed by atoms with Gasteiger partial charge in [0.25, 0.3) is 0 Å². The van der Waals surface area contributed by atoms with Gasteiger partial charge in [0.15, 0.2) is 14.7 Å². The van der Waals surface area contributed by atoms with Crippen molar-refractivity contribution in [3.63, 3.8) is 0 Å². The van der Waals surface area contributed by atoms with E-state index in [1.54, 1.807) is 0 Å². The van der Waals surface area contributed by atoms with Crippen molar-refractivity contribution in [3.8, 4) is 0 Å². The maximum absolute atomic E-state index is 11.2. The van der Waals surface area contributed by atoms with Crippen molar-refractivity contribution < 1.29 is 16.9 Å². The van der Waals surface area contributed by atoms with Gasteiger partial charge in [-0.1, -0.05) is 64.9 Å². The Morgan fingerprint density at radius 2 is 0.667 bits per heavy atom. The van der Waals surface area contributed by atoms with Crippen LogP contribution in [0.4, 0.5) is 16.9 Å². The third-order valence-electron chi connectivity index (χ3n) is 4.83. The molecule has 0 spiro atoms. The summed E-state index contributed by atoms with van der Waals surface area (Å²) in [7, 11) is -0.0983. The minimum absolute atomic E-state index is 0.0983. The summed E-state index contributed by atoms with van der Waals surface area (Å²) in [5.74, 6) is 0. The van der Waals surface area contributed by atoms with Gasteiger partial charge >= 0.3 is 36.4 Å². The van der Waals surface area contributed by atoms with E-state index in [2.05, 4.69) is 118 Å². The van der Waals surface area contributed by atoms with E-state index >= 15 is 0 Å². The number of halogens is 6. The van der Waals surface area contributed by atoms with Gasteiger partial charge in [-0.3, -0.25) is 0 Å². The summed E-state index contributed by atoms with van der Waals surface area (Å²) >= 11 is -9.43. The van der Waals surface area contributed by atoms with Crippen LogP contribution in [0.25, 0.3) is 0 Å². The van der Waals surface area contributed by atoms with Crippen molar-refractivity contribution in [1.82, 2.24) is 0 Å². The zero-order chi connectivity index (χ0) is 26.6. The second kappa shape index (κ2) is 10.4. The van der Waals surface area contributed by atoms with Crippen LogP contribution in [0.15, 0.2) is 122 Å². The van der Waals surface area contributed by atoms with E-state index in [1.165, 1.54) is 41.2 Å². The molecule has 0 aromatic heterocycles. The molecule has 0 heterocycles. The molecule has 0 aliphatic heterocycles. The number of hydrogen-bond acceptors (Lipinski definition) is 1. The first-order valence-electron chi connectivity index (χ1n) is 10.8. The fraction of sp³-hybridized carbons (Fsp3) is 0.111. The fourth-order valence-electron chi connectivity index (χ4n) is 3.14. The van der Waals surface area contributed by atoms with Crippen molar-refractivity contribution in [2.24, 2.45) is 0 Å². The summed E-state index contributed by atoms with van der Waals surface area (Å²) in [6.45, 7) is 6.41. The Hall–Kier alpha value is -2.02. The van der Waals surface area contributed by atoms with Gasteiger partial charge in [-0.25, -0.2) is 0 Å². The van der Waals surface area contributed by atoms with E-state index in [0.29, 0.717) is 0 Å². The minimum atomic E-state index is -11.2. The van der Waals surface area contributed by atoms with E-state index in [9.17, 15) is 16.9 Å². The standard InChI is InChI=1S/C27H25S2.6FH.Sb/c1-20-4-10-23(11-5-20)28-24-12-18-27(19-13-24)29(25-14-6-21(2)7-15-25)26-16-8-22(3)9-17-26;;;;;;;/h4-19H,1-3H3;6*1H;/q+1;;;;;;;+5/p-6. The van der Waals surface area contributed by atoms with Crippen LogP contribution in [0.5, 0.6) is 0 Å². The molecule has 0 fully saturated rings. The molecule has 0 atom stereocenters. The van der Waals surface area contributed by atoms with Crippen molar-refractivity contribution >= 4 is 42.1 Å². The Kier molecular flexibility index (Phi) is 8.24. The SMILES string of the molecule is Cc1ccc(Sc2ccc([S+](c3ccc(C)cc3)c3ccc(C)cc3)cc2)cc1.[F][Sb-]([F])([F])([F])([F])[F]. The molecule has 0 bridgehead atoms.